The first-order chi connectivity index (χ1) is 18.0. The van der Waals surface area contributed by atoms with E-state index in [-0.39, 0.29) is 11.5 Å². The Morgan fingerprint density at radius 3 is 2.21 bits per heavy atom. The third-order valence-electron chi connectivity index (χ3n) is 6.10. The van der Waals surface area contributed by atoms with Crippen molar-refractivity contribution in [3.8, 4) is 0 Å². The molecule has 1 amide bonds. The number of hydrogen-bond acceptors (Lipinski definition) is 6. The molecule has 0 saturated heterocycles. The van der Waals surface area contributed by atoms with Crippen molar-refractivity contribution in [1.29, 1.82) is 0 Å². The Labute approximate surface area is 217 Å². The van der Waals surface area contributed by atoms with Crippen LogP contribution in [0.2, 0.25) is 0 Å². The Morgan fingerprint density at radius 2 is 1.61 bits per heavy atom. The van der Waals surface area contributed by atoms with Crippen LogP contribution >= 0.6 is 0 Å². The number of hydrogen-bond donors (Lipinski definition) is 3. The highest BCUT2D eigenvalue weighted by atomic mass is 19.4. The van der Waals surface area contributed by atoms with Crippen molar-refractivity contribution in [1.82, 2.24) is 15.3 Å². The van der Waals surface area contributed by atoms with Gasteiger partial charge in [-0.2, -0.15) is 18.2 Å². The zero-order chi connectivity index (χ0) is 27.9. The molecular formula is C26H29F4N5O3. The highest BCUT2D eigenvalue weighted by Gasteiger charge is 2.38. The van der Waals surface area contributed by atoms with Gasteiger partial charge in [-0.1, -0.05) is 24.3 Å². The first kappa shape index (κ1) is 28.6. The van der Waals surface area contributed by atoms with Crippen LogP contribution in [0.15, 0.2) is 48.5 Å². The molecule has 1 heterocycles. The second-order valence-electron chi connectivity index (χ2n) is 9.14. The number of para-hydroxylation sites is 1. The zero-order valence-electron chi connectivity index (χ0n) is 20.9. The van der Waals surface area contributed by atoms with Gasteiger partial charge in [-0.25, -0.2) is 14.2 Å². The molecular weight excluding hydrogens is 506 g/mol. The van der Waals surface area contributed by atoms with Crippen molar-refractivity contribution in [3.05, 3.63) is 59.9 Å². The van der Waals surface area contributed by atoms with Crippen LogP contribution in [0.25, 0.3) is 10.9 Å². The van der Waals surface area contributed by atoms with E-state index in [1.54, 1.807) is 12.1 Å². The van der Waals surface area contributed by atoms with Crippen LogP contribution < -0.4 is 15.5 Å². The Bertz CT molecular complexity index is 1260. The average Bonchev–Trinajstić information content (AvgIpc) is 2.87. The van der Waals surface area contributed by atoms with E-state index in [1.165, 1.54) is 12.1 Å². The molecule has 8 nitrogen and oxygen atoms in total. The van der Waals surface area contributed by atoms with E-state index in [0.29, 0.717) is 24.5 Å². The number of nitrogens with zero attached hydrogens (tertiary/aromatic N) is 3. The summed E-state index contributed by atoms with van der Waals surface area (Å²) >= 11 is 0. The van der Waals surface area contributed by atoms with Crippen molar-refractivity contribution >= 4 is 34.5 Å². The summed E-state index contributed by atoms with van der Waals surface area (Å²) < 4.78 is 45.5. The highest BCUT2D eigenvalue weighted by molar-refractivity contribution is 5.94. The first-order valence-electron chi connectivity index (χ1n) is 12.0. The third-order valence-corrected chi connectivity index (χ3v) is 6.10. The molecule has 0 unspecified atom stereocenters. The molecule has 0 bridgehead atoms. The molecule has 3 N–H and O–H groups in total. The van der Waals surface area contributed by atoms with Crippen molar-refractivity contribution < 1.29 is 32.3 Å². The number of nitrogens with one attached hydrogen (secondary N) is 2. The summed E-state index contributed by atoms with van der Waals surface area (Å²) in [7, 11) is 3.97. The monoisotopic (exact) mass is 535 g/mol. The third kappa shape index (κ3) is 7.77. The SMILES string of the molecule is CN(C)c1nc(NC2CCC(CNC(=O)c3ccccc3F)CC2)nc2ccccc12.O=C(O)C(F)(F)F. The maximum Gasteiger partial charge on any atom is 0.490 e. The smallest absolute Gasteiger partial charge is 0.475 e. The van der Waals surface area contributed by atoms with Gasteiger partial charge in [0.25, 0.3) is 5.91 Å². The number of benzene rings is 2. The molecule has 0 spiro atoms. The molecule has 0 atom stereocenters. The van der Waals surface area contributed by atoms with Crippen molar-refractivity contribution in [2.75, 3.05) is 30.9 Å². The minimum absolute atomic E-state index is 0.100. The normalized spacial score (nSPS) is 17.2. The molecule has 204 valence electrons. The summed E-state index contributed by atoms with van der Waals surface area (Å²) in [5.74, 6) is -1.65. The number of rotatable bonds is 6. The van der Waals surface area contributed by atoms with E-state index in [1.807, 2.05) is 43.3 Å². The molecule has 12 heteroatoms. The number of carbonyl (C=O) groups is 2. The molecule has 3 aromatic rings. The van der Waals surface area contributed by atoms with Crippen LogP contribution in [0.4, 0.5) is 29.3 Å². The van der Waals surface area contributed by atoms with Gasteiger partial charge in [0.05, 0.1) is 11.1 Å². The molecule has 1 aliphatic rings. The number of alkyl halides is 3. The summed E-state index contributed by atoms with van der Waals surface area (Å²) in [6.45, 7) is 0.567. The van der Waals surface area contributed by atoms with Gasteiger partial charge in [-0.3, -0.25) is 4.79 Å². The standard InChI is InChI=1S/C24H28FN5O.C2HF3O2/c1-30(2)22-19-8-4-6-10-21(19)28-24(29-22)27-17-13-11-16(12-14-17)15-26-23(31)18-7-3-5-9-20(18)25;3-2(4,5)1(6)7/h3-10,16-17H,11-15H2,1-2H3,(H,26,31)(H,27,28,29);(H,6,7). The number of carboxylic acid groups (broad SMARTS) is 1. The van der Waals surface area contributed by atoms with Gasteiger partial charge in [-0.15, -0.1) is 0 Å². The van der Waals surface area contributed by atoms with E-state index in [9.17, 15) is 22.4 Å². The van der Waals surface area contributed by atoms with Gasteiger partial charge < -0.3 is 20.6 Å². The van der Waals surface area contributed by atoms with Crippen molar-refractivity contribution in [2.45, 2.75) is 37.9 Å². The van der Waals surface area contributed by atoms with Gasteiger partial charge >= 0.3 is 12.1 Å². The minimum Gasteiger partial charge on any atom is -0.475 e. The number of aliphatic carboxylic acids is 1. The minimum atomic E-state index is -5.08. The predicted molar refractivity (Wildman–Crippen MR) is 136 cm³/mol. The average molecular weight is 536 g/mol. The number of aromatic nitrogens is 2. The summed E-state index contributed by atoms with van der Waals surface area (Å²) in [5, 5.41) is 14.5. The largest absolute Gasteiger partial charge is 0.490 e. The van der Waals surface area contributed by atoms with Gasteiger partial charge in [0.1, 0.15) is 11.6 Å². The molecule has 38 heavy (non-hydrogen) atoms. The fourth-order valence-corrected chi connectivity index (χ4v) is 4.14. The van der Waals surface area contributed by atoms with Gasteiger partial charge in [0.2, 0.25) is 5.95 Å². The number of carbonyl (C=O) groups excluding carboxylic acids is 1. The molecule has 4 rings (SSSR count). The van der Waals surface area contributed by atoms with E-state index in [0.717, 1.165) is 42.4 Å². The molecule has 1 fully saturated rings. The Hall–Kier alpha value is -3.96. The van der Waals surface area contributed by atoms with E-state index in [2.05, 4.69) is 10.6 Å². The Kier molecular flexibility index (Phi) is 9.43. The number of anilines is 2. The van der Waals surface area contributed by atoms with E-state index in [4.69, 9.17) is 19.9 Å². The van der Waals surface area contributed by atoms with Gasteiger partial charge in [0.15, 0.2) is 0 Å². The number of carboxylic acids is 1. The lowest BCUT2D eigenvalue weighted by Crippen LogP contribution is -2.34. The first-order valence-corrected chi connectivity index (χ1v) is 12.0. The number of amides is 1. The van der Waals surface area contributed by atoms with Crippen LogP contribution in [-0.4, -0.2) is 59.8 Å². The number of fused-ring (bicyclic) bond motifs is 1. The van der Waals surface area contributed by atoms with E-state index >= 15 is 0 Å². The molecule has 1 aromatic heterocycles. The maximum absolute atomic E-state index is 13.8. The highest BCUT2D eigenvalue weighted by Crippen LogP contribution is 2.28. The molecule has 1 saturated carbocycles. The molecule has 1 aliphatic carbocycles. The van der Waals surface area contributed by atoms with Crippen molar-refractivity contribution in [3.63, 3.8) is 0 Å². The number of halogens is 4. The molecule has 2 aromatic carbocycles. The quantitative estimate of drug-likeness (QED) is 0.387. The summed E-state index contributed by atoms with van der Waals surface area (Å²) in [6, 6.07) is 14.4. The van der Waals surface area contributed by atoms with Crippen LogP contribution in [0.5, 0.6) is 0 Å². The molecule has 0 radical (unpaired) electrons. The molecule has 0 aliphatic heterocycles. The second-order valence-corrected chi connectivity index (χ2v) is 9.14. The zero-order valence-corrected chi connectivity index (χ0v) is 20.9. The predicted octanol–water partition coefficient (Wildman–Crippen LogP) is 4.87. The maximum atomic E-state index is 13.8. The Morgan fingerprint density at radius 1 is 1.00 bits per heavy atom. The summed E-state index contributed by atoms with van der Waals surface area (Å²) in [5.41, 5.74) is 1.02. The van der Waals surface area contributed by atoms with Crippen LogP contribution in [0, 0.1) is 11.7 Å². The lowest BCUT2D eigenvalue weighted by atomic mass is 9.86. The fourth-order valence-electron chi connectivity index (χ4n) is 4.14. The summed E-state index contributed by atoms with van der Waals surface area (Å²) in [6.07, 6.45) is -1.14. The van der Waals surface area contributed by atoms with Crippen molar-refractivity contribution in [2.24, 2.45) is 5.92 Å². The lowest BCUT2D eigenvalue weighted by molar-refractivity contribution is -0.192. The fraction of sp³-hybridized carbons (Fsp3) is 0.385. The van der Waals surface area contributed by atoms with E-state index < -0.39 is 18.0 Å². The van der Waals surface area contributed by atoms with Gasteiger partial charge in [-0.05, 0) is 55.9 Å². The summed E-state index contributed by atoms with van der Waals surface area (Å²) in [4.78, 5) is 32.5. The lowest BCUT2D eigenvalue weighted by Gasteiger charge is -2.29. The second kappa shape index (κ2) is 12.5. The van der Waals surface area contributed by atoms with Crippen LogP contribution in [0.1, 0.15) is 36.0 Å². The topological polar surface area (TPSA) is 107 Å². The van der Waals surface area contributed by atoms with Crippen LogP contribution in [0.3, 0.4) is 0 Å². The van der Waals surface area contributed by atoms with Gasteiger partial charge in [0, 0.05) is 32.1 Å². The Balaban J connectivity index is 0.000000505. The van der Waals surface area contributed by atoms with Crippen LogP contribution in [-0.2, 0) is 4.79 Å².